The van der Waals surface area contributed by atoms with Crippen molar-refractivity contribution in [3.8, 4) is 11.5 Å². The second-order valence-electron chi connectivity index (χ2n) is 4.73. The molecule has 0 bridgehead atoms. The van der Waals surface area contributed by atoms with E-state index in [4.69, 9.17) is 26.2 Å². The zero-order valence-electron chi connectivity index (χ0n) is 11.8. The van der Waals surface area contributed by atoms with Crippen LogP contribution in [0.25, 0.3) is 0 Å². The van der Waals surface area contributed by atoms with Crippen LogP contribution in [-0.4, -0.2) is 38.7 Å². The first-order chi connectivity index (χ1) is 10.3. The molecule has 1 unspecified atom stereocenters. The van der Waals surface area contributed by atoms with Crippen LogP contribution in [0.1, 0.15) is 19.8 Å². The second-order valence-corrected chi connectivity index (χ2v) is 6.82. The van der Waals surface area contributed by atoms with E-state index in [1.165, 1.54) is 12.1 Å². The third kappa shape index (κ3) is 3.63. The van der Waals surface area contributed by atoms with Crippen molar-refractivity contribution in [2.24, 2.45) is 0 Å². The molecule has 1 aliphatic rings. The van der Waals surface area contributed by atoms with Crippen molar-refractivity contribution < 1.29 is 27.8 Å². The number of carbonyl (C=O) groups is 1. The summed E-state index contributed by atoms with van der Waals surface area (Å²) in [6.07, 6.45) is 0.699. The Kier molecular flexibility index (Phi) is 5.15. The first-order valence-electron chi connectivity index (χ1n) is 6.69. The van der Waals surface area contributed by atoms with E-state index in [0.717, 1.165) is 0 Å². The van der Waals surface area contributed by atoms with E-state index in [2.05, 4.69) is 4.72 Å². The highest BCUT2D eigenvalue weighted by molar-refractivity contribution is 7.89. The van der Waals surface area contributed by atoms with Crippen LogP contribution in [0.3, 0.4) is 0 Å². The smallest absolute Gasteiger partial charge is 0.321 e. The van der Waals surface area contributed by atoms with E-state index >= 15 is 0 Å². The molecule has 0 aliphatic carbocycles. The summed E-state index contributed by atoms with van der Waals surface area (Å²) < 4.78 is 37.5. The Morgan fingerprint density at radius 3 is 2.50 bits per heavy atom. The van der Waals surface area contributed by atoms with E-state index < -0.39 is 22.0 Å². The summed E-state index contributed by atoms with van der Waals surface area (Å²) in [5.41, 5.74) is 0. The van der Waals surface area contributed by atoms with Gasteiger partial charge in [0.05, 0.1) is 5.02 Å². The van der Waals surface area contributed by atoms with Gasteiger partial charge in [-0.05, 0) is 6.42 Å². The number of hydrogen-bond donors (Lipinski definition) is 2. The number of carboxylic acids is 1. The molecule has 2 rings (SSSR count). The number of hydrogen-bond acceptors (Lipinski definition) is 5. The fourth-order valence-corrected chi connectivity index (χ4v) is 3.78. The predicted molar refractivity (Wildman–Crippen MR) is 79.1 cm³/mol. The molecule has 0 aromatic heterocycles. The molecule has 0 fully saturated rings. The summed E-state index contributed by atoms with van der Waals surface area (Å²) in [5.74, 6) is -0.615. The molecule has 22 heavy (non-hydrogen) atoms. The molecule has 0 saturated carbocycles. The minimum atomic E-state index is -4.09. The Hall–Kier alpha value is -1.51. The molecule has 1 aromatic carbocycles. The van der Waals surface area contributed by atoms with Crippen molar-refractivity contribution in [3.63, 3.8) is 0 Å². The Bertz CT molecular complexity index is 675. The standard InChI is InChI=1S/C13H16ClNO6S/c1-2-3-9(13(16)17)15-22(18,19)12-7-11-10(6-8(12)14)20-4-5-21-11/h6-7,9,15H,2-5H2,1H3,(H,16,17). The van der Waals surface area contributed by atoms with Crippen molar-refractivity contribution >= 4 is 27.6 Å². The summed E-state index contributed by atoms with van der Waals surface area (Å²) >= 11 is 5.98. The fraction of sp³-hybridized carbons (Fsp3) is 0.462. The fourth-order valence-electron chi connectivity index (χ4n) is 2.02. The van der Waals surface area contributed by atoms with Crippen LogP contribution in [0.15, 0.2) is 17.0 Å². The number of benzene rings is 1. The van der Waals surface area contributed by atoms with Gasteiger partial charge in [-0.2, -0.15) is 4.72 Å². The topological polar surface area (TPSA) is 102 Å². The van der Waals surface area contributed by atoms with Gasteiger partial charge in [0.2, 0.25) is 10.0 Å². The molecule has 2 N–H and O–H groups in total. The van der Waals surface area contributed by atoms with E-state index in [1.54, 1.807) is 6.92 Å². The summed E-state index contributed by atoms with van der Waals surface area (Å²) in [5, 5.41) is 9.01. The molecule has 0 amide bonds. The second kappa shape index (κ2) is 6.72. The van der Waals surface area contributed by atoms with Crippen LogP contribution in [0.4, 0.5) is 0 Å². The van der Waals surface area contributed by atoms with Gasteiger partial charge in [-0.15, -0.1) is 0 Å². The Morgan fingerprint density at radius 2 is 1.95 bits per heavy atom. The minimum absolute atomic E-state index is 0.0580. The first-order valence-corrected chi connectivity index (χ1v) is 8.55. The molecule has 9 heteroatoms. The molecule has 122 valence electrons. The predicted octanol–water partition coefficient (Wildman–Crippen LogP) is 1.64. The van der Waals surface area contributed by atoms with Crippen molar-refractivity contribution in [3.05, 3.63) is 17.2 Å². The van der Waals surface area contributed by atoms with E-state index in [0.29, 0.717) is 25.4 Å². The van der Waals surface area contributed by atoms with Crippen LogP contribution < -0.4 is 14.2 Å². The number of sulfonamides is 1. The lowest BCUT2D eigenvalue weighted by atomic mass is 10.2. The number of halogens is 1. The molecule has 1 heterocycles. The largest absolute Gasteiger partial charge is 0.486 e. The zero-order valence-corrected chi connectivity index (χ0v) is 13.4. The normalized spacial score (nSPS) is 15.4. The van der Waals surface area contributed by atoms with E-state index in [9.17, 15) is 13.2 Å². The number of fused-ring (bicyclic) bond motifs is 1. The maximum absolute atomic E-state index is 12.4. The van der Waals surface area contributed by atoms with Crippen molar-refractivity contribution in [1.29, 1.82) is 0 Å². The van der Waals surface area contributed by atoms with Crippen molar-refractivity contribution in [2.75, 3.05) is 13.2 Å². The van der Waals surface area contributed by atoms with Gasteiger partial charge in [0, 0.05) is 12.1 Å². The van der Waals surface area contributed by atoms with Crippen molar-refractivity contribution in [2.45, 2.75) is 30.7 Å². The van der Waals surface area contributed by atoms with E-state index in [-0.39, 0.29) is 22.1 Å². The molecular formula is C13H16ClNO6S. The first kappa shape index (κ1) is 16.9. The number of ether oxygens (including phenoxy) is 2. The van der Waals surface area contributed by atoms with Gasteiger partial charge in [0.1, 0.15) is 24.2 Å². The monoisotopic (exact) mass is 349 g/mol. The van der Waals surface area contributed by atoms with Crippen LogP contribution >= 0.6 is 11.6 Å². The third-order valence-corrected chi connectivity index (χ3v) is 5.00. The van der Waals surface area contributed by atoms with Crippen LogP contribution in [-0.2, 0) is 14.8 Å². The average molecular weight is 350 g/mol. The van der Waals surface area contributed by atoms with Gasteiger partial charge < -0.3 is 14.6 Å². The Balaban J connectivity index is 2.34. The number of carboxylic acid groups (broad SMARTS) is 1. The molecule has 1 aliphatic heterocycles. The summed E-state index contributed by atoms with van der Waals surface area (Å²) in [7, 11) is -4.09. The van der Waals surface area contributed by atoms with E-state index in [1.807, 2.05) is 0 Å². The number of aliphatic carboxylic acids is 1. The van der Waals surface area contributed by atoms with Gasteiger partial charge in [-0.3, -0.25) is 4.79 Å². The highest BCUT2D eigenvalue weighted by atomic mass is 35.5. The van der Waals surface area contributed by atoms with Gasteiger partial charge in [0.15, 0.2) is 11.5 Å². The van der Waals surface area contributed by atoms with Crippen LogP contribution in [0.5, 0.6) is 11.5 Å². The van der Waals surface area contributed by atoms with Crippen LogP contribution in [0, 0.1) is 0 Å². The molecule has 7 nitrogen and oxygen atoms in total. The highest BCUT2D eigenvalue weighted by Gasteiger charge is 2.28. The SMILES string of the molecule is CCCC(NS(=O)(=O)c1cc2c(cc1Cl)OCCO2)C(=O)O. The average Bonchev–Trinajstić information content (AvgIpc) is 2.45. The zero-order chi connectivity index (χ0) is 16.3. The third-order valence-electron chi connectivity index (χ3n) is 3.06. The van der Waals surface area contributed by atoms with Gasteiger partial charge in [-0.1, -0.05) is 24.9 Å². The van der Waals surface area contributed by atoms with Gasteiger partial charge in [0.25, 0.3) is 0 Å². The molecule has 0 spiro atoms. The highest BCUT2D eigenvalue weighted by Crippen LogP contribution is 2.37. The van der Waals surface area contributed by atoms with Crippen LogP contribution in [0.2, 0.25) is 5.02 Å². The molecule has 1 atom stereocenters. The lowest BCUT2D eigenvalue weighted by molar-refractivity contribution is -0.139. The maximum atomic E-state index is 12.4. The molecule has 1 aromatic rings. The summed E-state index contributed by atoms with van der Waals surface area (Å²) in [6, 6.07) is 1.38. The van der Waals surface area contributed by atoms with Gasteiger partial charge >= 0.3 is 5.97 Å². The lowest BCUT2D eigenvalue weighted by Crippen LogP contribution is -2.40. The molecule has 0 saturated heterocycles. The maximum Gasteiger partial charge on any atom is 0.321 e. The van der Waals surface area contributed by atoms with Crippen molar-refractivity contribution in [1.82, 2.24) is 4.72 Å². The summed E-state index contributed by atoms with van der Waals surface area (Å²) in [4.78, 5) is 10.9. The Morgan fingerprint density at radius 1 is 1.36 bits per heavy atom. The number of rotatable bonds is 6. The lowest BCUT2D eigenvalue weighted by Gasteiger charge is -2.20. The summed E-state index contributed by atoms with van der Waals surface area (Å²) in [6.45, 7) is 2.42. The minimum Gasteiger partial charge on any atom is -0.486 e. The quantitative estimate of drug-likeness (QED) is 0.809. The van der Waals surface area contributed by atoms with Gasteiger partial charge in [-0.25, -0.2) is 8.42 Å². The Labute approximate surface area is 133 Å². The molecular weight excluding hydrogens is 334 g/mol. The number of nitrogens with one attached hydrogen (secondary N) is 1. The molecule has 0 radical (unpaired) electrons.